The number of rotatable bonds is 2. The standard InChI is InChI=1S/C10H15N3O4/c1-5-12-8(15)3-11-13(5)7-2-6(4-14)9(16)10(7)17/h3,6-7,9-10,14,16-17H,1-2,4H2,(H,12,15)/t6-,7-,9?,10-/m1/s1. The van der Waals surface area contributed by atoms with Crippen molar-refractivity contribution in [3.8, 4) is 0 Å². The molecule has 0 spiro atoms. The third-order valence-corrected chi connectivity index (χ3v) is 3.16. The molecule has 0 aromatic heterocycles. The first-order valence-corrected chi connectivity index (χ1v) is 5.34. The van der Waals surface area contributed by atoms with Gasteiger partial charge in [-0.3, -0.25) is 4.79 Å². The first kappa shape index (κ1) is 12.0. The average Bonchev–Trinajstić information content (AvgIpc) is 2.57. The van der Waals surface area contributed by atoms with Gasteiger partial charge in [0.05, 0.1) is 12.1 Å². The van der Waals surface area contributed by atoms with Crippen molar-refractivity contribution in [1.82, 2.24) is 10.3 Å². The summed E-state index contributed by atoms with van der Waals surface area (Å²) in [5, 5.41) is 36.3. The Morgan fingerprint density at radius 3 is 2.76 bits per heavy atom. The van der Waals surface area contributed by atoms with Crippen LogP contribution in [-0.2, 0) is 4.79 Å². The van der Waals surface area contributed by atoms with Crippen molar-refractivity contribution in [2.24, 2.45) is 11.0 Å². The van der Waals surface area contributed by atoms with Gasteiger partial charge in [-0.05, 0) is 6.42 Å². The van der Waals surface area contributed by atoms with Gasteiger partial charge in [-0.2, -0.15) is 5.10 Å². The van der Waals surface area contributed by atoms with E-state index < -0.39 is 24.2 Å². The maximum atomic E-state index is 11.0. The Morgan fingerprint density at radius 1 is 1.53 bits per heavy atom. The van der Waals surface area contributed by atoms with Crippen LogP contribution in [0.3, 0.4) is 0 Å². The monoisotopic (exact) mass is 241 g/mol. The number of carbonyl (C=O) groups excluding carboxylic acids is 1. The Balaban J connectivity index is 2.16. The molecule has 2 aliphatic rings. The van der Waals surface area contributed by atoms with Gasteiger partial charge < -0.3 is 20.6 Å². The highest BCUT2D eigenvalue weighted by molar-refractivity contribution is 6.27. The summed E-state index contributed by atoms with van der Waals surface area (Å²) in [5.74, 6) is -0.513. The third-order valence-electron chi connectivity index (χ3n) is 3.16. The van der Waals surface area contributed by atoms with Crippen LogP contribution in [0.15, 0.2) is 17.5 Å². The van der Waals surface area contributed by atoms with Crippen LogP contribution in [0.2, 0.25) is 0 Å². The lowest BCUT2D eigenvalue weighted by atomic mass is 10.1. The van der Waals surface area contributed by atoms with Gasteiger partial charge in [0.2, 0.25) is 0 Å². The highest BCUT2D eigenvalue weighted by atomic mass is 16.3. The van der Waals surface area contributed by atoms with Crippen molar-refractivity contribution in [3.63, 3.8) is 0 Å². The highest BCUT2D eigenvalue weighted by Gasteiger charge is 2.45. The number of nitrogens with one attached hydrogen (secondary N) is 1. The largest absolute Gasteiger partial charge is 0.396 e. The fraction of sp³-hybridized carbons (Fsp3) is 0.600. The number of hydrogen-bond donors (Lipinski definition) is 4. The summed E-state index contributed by atoms with van der Waals surface area (Å²) in [6, 6.07) is -0.494. The maximum Gasteiger partial charge on any atom is 0.269 e. The van der Waals surface area contributed by atoms with Crippen molar-refractivity contribution in [2.45, 2.75) is 24.7 Å². The molecule has 0 bridgehead atoms. The zero-order valence-electron chi connectivity index (χ0n) is 9.15. The number of amides is 1. The minimum Gasteiger partial charge on any atom is -0.396 e. The summed E-state index contributed by atoms with van der Waals surface area (Å²) in [6.07, 6.45) is -0.563. The lowest BCUT2D eigenvalue weighted by Gasteiger charge is -2.31. The predicted octanol–water partition coefficient (Wildman–Crippen LogP) is -2.02. The van der Waals surface area contributed by atoms with Gasteiger partial charge in [0, 0.05) is 12.5 Å². The van der Waals surface area contributed by atoms with E-state index in [4.69, 9.17) is 5.11 Å². The molecule has 1 aliphatic carbocycles. The van der Waals surface area contributed by atoms with E-state index in [0.29, 0.717) is 6.42 Å². The van der Waals surface area contributed by atoms with Gasteiger partial charge in [-0.1, -0.05) is 6.58 Å². The van der Waals surface area contributed by atoms with Crippen LogP contribution in [0.5, 0.6) is 0 Å². The van der Waals surface area contributed by atoms with Gasteiger partial charge in [-0.25, -0.2) is 5.01 Å². The van der Waals surface area contributed by atoms with Crippen molar-refractivity contribution >= 4 is 12.1 Å². The number of hydrazone groups is 1. The van der Waals surface area contributed by atoms with E-state index in [9.17, 15) is 15.0 Å². The van der Waals surface area contributed by atoms with E-state index in [2.05, 4.69) is 17.0 Å². The SMILES string of the molecule is C=C1NC(=O)C=NN1[C@@H]1C[C@H](CO)C(O)[C@@H]1O. The Hall–Kier alpha value is -1.44. The molecule has 7 heteroatoms. The molecule has 0 aromatic rings. The molecule has 7 nitrogen and oxygen atoms in total. The zero-order valence-corrected chi connectivity index (χ0v) is 9.15. The number of hydrogen-bond acceptors (Lipinski definition) is 6. The van der Waals surface area contributed by atoms with Crippen LogP contribution in [0.25, 0.3) is 0 Å². The summed E-state index contributed by atoms with van der Waals surface area (Å²) in [6.45, 7) is 3.42. The molecule has 4 atom stereocenters. The molecule has 1 amide bonds. The van der Waals surface area contributed by atoms with Crippen molar-refractivity contribution < 1.29 is 20.1 Å². The van der Waals surface area contributed by atoms with E-state index >= 15 is 0 Å². The van der Waals surface area contributed by atoms with E-state index in [1.165, 1.54) is 5.01 Å². The minimum absolute atomic E-state index is 0.203. The average molecular weight is 241 g/mol. The van der Waals surface area contributed by atoms with E-state index in [1.54, 1.807) is 0 Å². The summed E-state index contributed by atoms with van der Waals surface area (Å²) < 4.78 is 0. The second-order valence-electron chi connectivity index (χ2n) is 4.25. The molecule has 0 radical (unpaired) electrons. The van der Waals surface area contributed by atoms with Gasteiger partial charge in [0.1, 0.15) is 18.1 Å². The van der Waals surface area contributed by atoms with Crippen LogP contribution in [0.4, 0.5) is 0 Å². The Kier molecular flexibility index (Phi) is 3.14. The van der Waals surface area contributed by atoms with Crippen LogP contribution in [0.1, 0.15) is 6.42 Å². The fourth-order valence-corrected chi connectivity index (χ4v) is 2.22. The van der Waals surface area contributed by atoms with Crippen molar-refractivity contribution in [2.75, 3.05) is 6.61 Å². The Morgan fingerprint density at radius 2 is 2.24 bits per heavy atom. The second kappa shape index (κ2) is 4.44. The normalized spacial score (nSPS) is 37.5. The number of aliphatic hydroxyl groups excluding tert-OH is 3. The first-order valence-electron chi connectivity index (χ1n) is 5.34. The molecular formula is C10H15N3O4. The molecule has 94 valence electrons. The molecule has 0 aromatic carbocycles. The van der Waals surface area contributed by atoms with Gasteiger partial charge in [0.25, 0.3) is 5.91 Å². The Labute approximate surface area is 98.0 Å². The molecule has 4 N–H and O–H groups in total. The smallest absolute Gasteiger partial charge is 0.269 e. The summed E-state index contributed by atoms with van der Waals surface area (Å²) in [5.41, 5.74) is 0. The summed E-state index contributed by atoms with van der Waals surface area (Å²) in [7, 11) is 0. The summed E-state index contributed by atoms with van der Waals surface area (Å²) in [4.78, 5) is 11.0. The molecule has 1 saturated carbocycles. The molecular weight excluding hydrogens is 226 g/mol. The molecule has 1 aliphatic heterocycles. The molecule has 1 fully saturated rings. The van der Waals surface area contributed by atoms with E-state index in [1.807, 2.05) is 0 Å². The highest BCUT2D eigenvalue weighted by Crippen LogP contribution is 2.31. The lowest BCUT2D eigenvalue weighted by molar-refractivity contribution is -0.115. The first-order chi connectivity index (χ1) is 8.04. The predicted molar refractivity (Wildman–Crippen MR) is 58.6 cm³/mol. The van der Waals surface area contributed by atoms with Crippen LogP contribution >= 0.6 is 0 Å². The van der Waals surface area contributed by atoms with Gasteiger partial charge in [-0.15, -0.1) is 0 Å². The number of nitrogens with zero attached hydrogens (tertiary/aromatic N) is 2. The molecule has 1 heterocycles. The maximum absolute atomic E-state index is 11.0. The van der Waals surface area contributed by atoms with Crippen molar-refractivity contribution in [3.05, 3.63) is 12.4 Å². The molecule has 1 unspecified atom stereocenters. The van der Waals surface area contributed by atoms with Gasteiger partial charge in [0.15, 0.2) is 0 Å². The molecule has 17 heavy (non-hydrogen) atoms. The van der Waals surface area contributed by atoms with Crippen LogP contribution in [0, 0.1) is 5.92 Å². The molecule has 2 rings (SSSR count). The van der Waals surface area contributed by atoms with E-state index in [-0.39, 0.29) is 18.3 Å². The van der Waals surface area contributed by atoms with Crippen molar-refractivity contribution in [1.29, 1.82) is 0 Å². The van der Waals surface area contributed by atoms with Crippen LogP contribution < -0.4 is 5.32 Å². The summed E-state index contributed by atoms with van der Waals surface area (Å²) >= 11 is 0. The number of carbonyl (C=O) groups is 1. The third kappa shape index (κ3) is 2.04. The quantitative estimate of drug-likeness (QED) is 0.446. The number of aliphatic hydroxyl groups is 3. The molecule has 0 saturated heterocycles. The minimum atomic E-state index is -1.03. The zero-order chi connectivity index (χ0) is 12.6. The van der Waals surface area contributed by atoms with Crippen LogP contribution in [-0.4, -0.2) is 57.3 Å². The lowest BCUT2D eigenvalue weighted by Crippen LogP contribution is -2.47. The second-order valence-corrected chi connectivity index (χ2v) is 4.25. The fourth-order valence-electron chi connectivity index (χ4n) is 2.22. The van der Waals surface area contributed by atoms with Gasteiger partial charge >= 0.3 is 0 Å². The van der Waals surface area contributed by atoms with E-state index in [0.717, 1.165) is 6.21 Å². The topological polar surface area (TPSA) is 105 Å². The Bertz CT molecular complexity index is 371.